The number of hydrogen-bond acceptors (Lipinski definition) is 3. The van der Waals surface area contributed by atoms with Crippen molar-refractivity contribution in [2.24, 2.45) is 5.92 Å². The molecule has 1 aromatic heterocycles. The maximum Gasteiger partial charge on any atom is 0.418 e. The molecular weight excluding hydrogens is 361 g/mol. The van der Waals surface area contributed by atoms with Crippen molar-refractivity contribution in [2.45, 2.75) is 56.7 Å². The van der Waals surface area contributed by atoms with Gasteiger partial charge in [0.25, 0.3) is 0 Å². The number of likely N-dealkylation sites (tertiary alicyclic amines) is 1. The minimum Gasteiger partial charge on any atom is -0.465 e. The van der Waals surface area contributed by atoms with Crippen LogP contribution in [0.25, 0.3) is 0 Å². The number of carboxylic acid groups (broad SMARTS) is 1. The summed E-state index contributed by atoms with van der Waals surface area (Å²) in [4.78, 5) is 16.0. The third-order valence-corrected chi connectivity index (χ3v) is 5.73. The van der Waals surface area contributed by atoms with E-state index in [9.17, 15) is 18.0 Å². The molecule has 1 aliphatic carbocycles. The molecule has 1 amide bonds. The SMILES string of the molecule is O=C(O)N1CCC(COC2CCC(c3ccncc3C(F)(F)F)CC2)CC1. The van der Waals surface area contributed by atoms with Gasteiger partial charge in [-0.2, -0.15) is 13.2 Å². The largest absolute Gasteiger partial charge is 0.465 e. The number of amides is 1. The zero-order valence-corrected chi connectivity index (χ0v) is 15.1. The van der Waals surface area contributed by atoms with E-state index < -0.39 is 17.8 Å². The molecule has 1 saturated carbocycles. The van der Waals surface area contributed by atoms with E-state index >= 15 is 0 Å². The Morgan fingerprint density at radius 1 is 1.19 bits per heavy atom. The van der Waals surface area contributed by atoms with E-state index in [1.807, 2.05) is 0 Å². The number of hydrogen-bond donors (Lipinski definition) is 1. The van der Waals surface area contributed by atoms with E-state index in [2.05, 4.69) is 4.98 Å². The second-order valence-corrected chi connectivity index (χ2v) is 7.48. The molecule has 2 aliphatic rings. The first kappa shape index (κ1) is 19.9. The highest BCUT2D eigenvalue weighted by atomic mass is 19.4. The smallest absolute Gasteiger partial charge is 0.418 e. The number of carbonyl (C=O) groups is 1. The molecule has 0 atom stereocenters. The molecule has 1 aliphatic heterocycles. The predicted molar refractivity (Wildman–Crippen MR) is 92.5 cm³/mol. The van der Waals surface area contributed by atoms with E-state index in [4.69, 9.17) is 9.84 Å². The Balaban J connectivity index is 1.46. The van der Waals surface area contributed by atoms with Crippen molar-refractivity contribution < 1.29 is 27.8 Å². The zero-order valence-electron chi connectivity index (χ0n) is 15.1. The van der Waals surface area contributed by atoms with Crippen molar-refractivity contribution in [3.8, 4) is 0 Å². The number of ether oxygens (including phenoxy) is 1. The number of piperidine rings is 1. The molecule has 8 heteroatoms. The van der Waals surface area contributed by atoms with Gasteiger partial charge in [-0.25, -0.2) is 4.79 Å². The van der Waals surface area contributed by atoms with E-state index in [1.165, 1.54) is 17.2 Å². The molecule has 0 radical (unpaired) electrons. The van der Waals surface area contributed by atoms with Crippen LogP contribution >= 0.6 is 0 Å². The van der Waals surface area contributed by atoms with Gasteiger partial charge in [0.05, 0.1) is 11.7 Å². The summed E-state index contributed by atoms with van der Waals surface area (Å²) in [6.45, 7) is 1.68. The lowest BCUT2D eigenvalue weighted by molar-refractivity contribution is -0.138. The Bertz CT molecular complexity index is 637. The molecule has 1 saturated heterocycles. The summed E-state index contributed by atoms with van der Waals surface area (Å²) in [6, 6.07) is 1.49. The van der Waals surface area contributed by atoms with Crippen LogP contribution in [0.15, 0.2) is 18.5 Å². The lowest BCUT2D eigenvalue weighted by atomic mass is 9.81. The van der Waals surface area contributed by atoms with Gasteiger partial charge in [0, 0.05) is 32.1 Å². The second kappa shape index (κ2) is 8.46. The summed E-state index contributed by atoms with van der Waals surface area (Å²) in [6.07, 6.45) is 1.62. The molecule has 1 aromatic rings. The van der Waals surface area contributed by atoms with Crippen molar-refractivity contribution in [3.05, 3.63) is 29.6 Å². The normalized spacial score (nSPS) is 24.8. The molecule has 3 rings (SSSR count). The van der Waals surface area contributed by atoms with Crippen molar-refractivity contribution in [3.63, 3.8) is 0 Å². The fraction of sp³-hybridized carbons (Fsp3) is 0.684. The summed E-state index contributed by atoms with van der Waals surface area (Å²) in [7, 11) is 0. The summed E-state index contributed by atoms with van der Waals surface area (Å²) in [5.74, 6) is 0.249. The molecule has 0 bridgehead atoms. The quantitative estimate of drug-likeness (QED) is 0.826. The van der Waals surface area contributed by atoms with Crippen LogP contribution in [-0.4, -0.2) is 46.9 Å². The maximum atomic E-state index is 13.2. The van der Waals surface area contributed by atoms with Crippen LogP contribution < -0.4 is 0 Å². The Morgan fingerprint density at radius 3 is 2.44 bits per heavy atom. The van der Waals surface area contributed by atoms with Gasteiger partial charge in [0.15, 0.2) is 0 Å². The van der Waals surface area contributed by atoms with Crippen molar-refractivity contribution in [1.29, 1.82) is 0 Å². The number of pyridine rings is 1. The summed E-state index contributed by atoms with van der Waals surface area (Å²) in [5, 5.41) is 8.97. The number of halogens is 3. The first-order valence-electron chi connectivity index (χ1n) is 9.45. The summed E-state index contributed by atoms with van der Waals surface area (Å²) >= 11 is 0. The lowest BCUT2D eigenvalue weighted by Crippen LogP contribution is -2.39. The molecule has 1 N–H and O–H groups in total. The predicted octanol–water partition coefficient (Wildman–Crippen LogP) is 4.53. The van der Waals surface area contributed by atoms with Gasteiger partial charge in [-0.05, 0) is 62.0 Å². The van der Waals surface area contributed by atoms with Gasteiger partial charge in [-0.15, -0.1) is 0 Å². The van der Waals surface area contributed by atoms with Gasteiger partial charge in [-0.3, -0.25) is 4.98 Å². The third-order valence-electron chi connectivity index (χ3n) is 5.73. The molecule has 2 fully saturated rings. The van der Waals surface area contributed by atoms with Gasteiger partial charge in [0.1, 0.15) is 0 Å². The van der Waals surface area contributed by atoms with Gasteiger partial charge in [0.2, 0.25) is 0 Å². The van der Waals surface area contributed by atoms with Gasteiger partial charge >= 0.3 is 12.3 Å². The number of aromatic nitrogens is 1. The summed E-state index contributed by atoms with van der Waals surface area (Å²) in [5.41, 5.74) is -0.281. The first-order chi connectivity index (χ1) is 12.8. The van der Waals surface area contributed by atoms with Crippen LogP contribution in [0.1, 0.15) is 55.6 Å². The fourth-order valence-corrected chi connectivity index (χ4v) is 4.10. The van der Waals surface area contributed by atoms with Gasteiger partial charge < -0.3 is 14.7 Å². The second-order valence-electron chi connectivity index (χ2n) is 7.48. The standard InChI is InChI=1S/C19H25F3N2O3/c20-19(21,22)17-11-23-8-5-16(17)14-1-3-15(4-2-14)27-12-13-6-9-24(10-7-13)18(25)26/h5,8,11,13-15H,1-4,6-7,9-10,12H2,(H,25,26). The molecule has 0 unspecified atom stereocenters. The maximum absolute atomic E-state index is 13.2. The Kier molecular flexibility index (Phi) is 6.24. The number of nitrogens with zero attached hydrogens (tertiary/aromatic N) is 2. The molecule has 150 valence electrons. The van der Waals surface area contributed by atoms with Crippen LogP contribution in [0, 0.1) is 5.92 Å². The fourth-order valence-electron chi connectivity index (χ4n) is 4.10. The average Bonchev–Trinajstić information content (AvgIpc) is 2.66. The van der Waals surface area contributed by atoms with Crippen LogP contribution in [0.4, 0.5) is 18.0 Å². The van der Waals surface area contributed by atoms with E-state index in [0.717, 1.165) is 31.9 Å². The van der Waals surface area contributed by atoms with Gasteiger partial charge in [-0.1, -0.05) is 0 Å². The minimum absolute atomic E-state index is 0.0786. The molecule has 27 heavy (non-hydrogen) atoms. The Labute approximate surface area is 156 Å². The zero-order chi connectivity index (χ0) is 19.4. The third kappa shape index (κ3) is 5.12. The highest BCUT2D eigenvalue weighted by Crippen LogP contribution is 2.40. The molecule has 0 spiro atoms. The Morgan fingerprint density at radius 2 is 1.85 bits per heavy atom. The molecule has 0 aromatic carbocycles. The van der Waals surface area contributed by atoms with E-state index in [1.54, 1.807) is 0 Å². The van der Waals surface area contributed by atoms with E-state index in [-0.39, 0.29) is 12.0 Å². The number of alkyl halides is 3. The Hall–Kier alpha value is -1.83. The molecular formula is C19H25F3N2O3. The minimum atomic E-state index is -4.37. The van der Waals surface area contributed by atoms with Crippen LogP contribution in [0.2, 0.25) is 0 Å². The molecule has 5 nitrogen and oxygen atoms in total. The topological polar surface area (TPSA) is 62.7 Å². The van der Waals surface area contributed by atoms with Crippen molar-refractivity contribution in [1.82, 2.24) is 9.88 Å². The van der Waals surface area contributed by atoms with E-state index in [0.29, 0.717) is 44.0 Å². The van der Waals surface area contributed by atoms with Crippen molar-refractivity contribution in [2.75, 3.05) is 19.7 Å². The highest BCUT2D eigenvalue weighted by Gasteiger charge is 2.36. The highest BCUT2D eigenvalue weighted by molar-refractivity contribution is 5.64. The first-order valence-corrected chi connectivity index (χ1v) is 9.45. The summed E-state index contributed by atoms with van der Waals surface area (Å²) < 4.78 is 45.5. The lowest BCUT2D eigenvalue weighted by Gasteiger charge is -2.33. The number of rotatable bonds is 4. The van der Waals surface area contributed by atoms with Crippen molar-refractivity contribution >= 4 is 6.09 Å². The van der Waals surface area contributed by atoms with Crippen LogP contribution in [0.3, 0.4) is 0 Å². The average molecular weight is 386 g/mol. The monoisotopic (exact) mass is 386 g/mol. The molecule has 2 heterocycles. The van der Waals surface area contributed by atoms with Crippen LogP contribution in [-0.2, 0) is 10.9 Å². The van der Waals surface area contributed by atoms with Crippen LogP contribution in [0.5, 0.6) is 0 Å².